The van der Waals surface area contributed by atoms with Crippen molar-refractivity contribution >= 4 is 0 Å². The van der Waals surface area contributed by atoms with Crippen molar-refractivity contribution < 1.29 is 10.2 Å². The lowest BCUT2D eigenvalue weighted by Crippen LogP contribution is -2.23. The lowest BCUT2D eigenvalue weighted by molar-refractivity contribution is 0.382. The van der Waals surface area contributed by atoms with Crippen LogP contribution in [0.25, 0.3) is 0 Å². The van der Waals surface area contributed by atoms with Crippen LogP contribution in [0.2, 0.25) is 0 Å². The maximum Gasteiger partial charge on any atom is 0.161 e. The third kappa shape index (κ3) is 3.42. The molecule has 3 N–H and O–H groups in total. The molecule has 0 fully saturated rings. The summed E-state index contributed by atoms with van der Waals surface area (Å²) in [5.74, 6) is 1.16. The largest absolute Gasteiger partial charge is 0.504 e. The minimum atomic E-state index is -0.0591. The number of aromatic hydroxyl groups is 2. The SMILES string of the molecule is CC(C)C(C)CNCc1cccc(O)c1O. The van der Waals surface area contributed by atoms with E-state index in [2.05, 4.69) is 26.1 Å². The molecule has 0 spiro atoms. The maximum absolute atomic E-state index is 9.58. The predicted octanol–water partition coefficient (Wildman–Crippen LogP) is 2.48. The van der Waals surface area contributed by atoms with E-state index in [-0.39, 0.29) is 11.5 Å². The summed E-state index contributed by atoms with van der Waals surface area (Å²) in [6.45, 7) is 8.07. The van der Waals surface area contributed by atoms with Gasteiger partial charge in [-0.2, -0.15) is 0 Å². The molecule has 0 aromatic heterocycles. The lowest BCUT2D eigenvalue weighted by atomic mass is 9.98. The van der Waals surface area contributed by atoms with Gasteiger partial charge >= 0.3 is 0 Å². The highest BCUT2D eigenvalue weighted by Gasteiger charge is 2.08. The van der Waals surface area contributed by atoms with Crippen LogP contribution in [0.15, 0.2) is 18.2 Å². The first-order valence-corrected chi connectivity index (χ1v) is 5.73. The Hall–Kier alpha value is -1.22. The Bertz CT molecular complexity index is 337. The molecule has 0 radical (unpaired) electrons. The highest BCUT2D eigenvalue weighted by molar-refractivity contribution is 5.44. The van der Waals surface area contributed by atoms with Crippen molar-refractivity contribution in [2.75, 3.05) is 6.54 Å². The van der Waals surface area contributed by atoms with Gasteiger partial charge < -0.3 is 15.5 Å². The Morgan fingerprint density at radius 3 is 2.50 bits per heavy atom. The highest BCUT2D eigenvalue weighted by atomic mass is 16.3. The Morgan fingerprint density at radius 2 is 1.88 bits per heavy atom. The molecule has 1 atom stereocenters. The van der Waals surface area contributed by atoms with Crippen molar-refractivity contribution in [3.05, 3.63) is 23.8 Å². The van der Waals surface area contributed by atoms with E-state index >= 15 is 0 Å². The van der Waals surface area contributed by atoms with E-state index in [1.54, 1.807) is 6.07 Å². The van der Waals surface area contributed by atoms with Gasteiger partial charge in [-0.05, 0) is 24.4 Å². The molecule has 16 heavy (non-hydrogen) atoms. The van der Waals surface area contributed by atoms with Crippen molar-refractivity contribution in [1.82, 2.24) is 5.32 Å². The van der Waals surface area contributed by atoms with Crippen LogP contribution < -0.4 is 5.32 Å². The summed E-state index contributed by atoms with van der Waals surface area (Å²) in [6, 6.07) is 5.02. The highest BCUT2D eigenvalue weighted by Crippen LogP contribution is 2.27. The molecule has 1 rings (SSSR count). The molecule has 0 aliphatic carbocycles. The number of hydrogen-bond acceptors (Lipinski definition) is 3. The second kappa shape index (κ2) is 5.75. The minimum absolute atomic E-state index is 0.0211. The molecule has 90 valence electrons. The summed E-state index contributed by atoms with van der Waals surface area (Å²) < 4.78 is 0. The minimum Gasteiger partial charge on any atom is -0.504 e. The number of phenols is 2. The monoisotopic (exact) mass is 223 g/mol. The predicted molar refractivity (Wildman–Crippen MR) is 65.5 cm³/mol. The van der Waals surface area contributed by atoms with Gasteiger partial charge in [0.2, 0.25) is 0 Å². The quantitative estimate of drug-likeness (QED) is 0.672. The van der Waals surface area contributed by atoms with Gasteiger partial charge in [0.15, 0.2) is 11.5 Å². The molecular weight excluding hydrogens is 202 g/mol. The zero-order valence-electron chi connectivity index (χ0n) is 10.2. The van der Waals surface area contributed by atoms with E-state index in [1.807, 2.05) is 6.07 Å². The van der Waals surface area contributed by atoms with E-state index in [4.69, 9.17) is 0 Å². The van der Waals surface area contributed by atoms with E-state index in [1.165, 1.54) is 6.07 Å². The standard InChI is InChI=1S/C13H21NO2/c1-9(2)10(3)7-14-8-11-5-4-6-12(15)13(11)16/h4-6,9-10,14-16H,7-8H2,1-3H3. The van der Waals surface area contributed by atoms with Crippen LogP contribution >= 0.6 is 0 Å². The molecule has 0 aliphatic heterocycles. The number of nitrogens with one attached hydrogen (secondary N) is 1. The maximum atomic E-state index is 9.58. The average molecular weight is 223 g/mol. The number of hydrogen-bond donors (Lipinski definition) is 3. The average Bonchev–Trinajstić information content (AvgIpc) is 2.24. The van der Waals surface area contributed by atoms with Crippen LogP contribution in [0.5, 0.6) is 11.5 Å². The second-order valence-electron chi connectivity index (χ2n) is 4.64. The summed E-state index contributed by atoms with van der Waals surface area (Å²) >= 11 is 0. The topological polar surface area (TPSA) is 52.5 Å². The van der Waals surface area contributed by atoms with Gasteiger partial charge in [-0.25, -0.2) is 0 Å². The zero-order chi connectivity index (χ0) is 12.1. The lowest BCUT2D eigenvalue weighted by Gasteiger charge is -2.16. The summed E-state index contributed by atoms with van der Waals surface area (Å²) in [5.41, 5.74) is 0.732. The number of rotatable bonds is 5. The van der Waals surface area contributed by atoms with Crippen molar-refractivity contribution in [1.29, 1.82) is 0 Å². The van der Waals surface area contributed by atoms with Crippen LogP contribution in [-0.2, 0) is 6.54 Å². The Kier molecular flexibility index (Phi) is 4.62. The molecule has 1 aromatic carbocycles. The first-order valence-electron chi connectivity index (χ1n) is 5.73. The van der Waals surface area contributed by atoms with Crippen LogP contribution in [-0.4, -0.2) is 16.8 Å². The molecule has 0 saturated heterocycles. The molecule has 0 aliphatic rings. The fourth-order valence-electron chi connectivity index (χ4n) is 1.39. The van der Waals surface area contributed by atoms with Gasteiger partial charge in [0.25, 0.3) is 0 Å². The Labute approximate surface area is 97.1 Å². The van der Waals surface area contributed by atoms with Gasteiger partial charge in [-0.15, -0.1) is 0 Å². The van der Waals surface area contributed by atoms with E-state index in [9.17, 15) is 10.2 Å². The molecular formula is C13H21NO2. The van der Waals surface area contributed by atoms with Crippen molar-refractivity contribution in [3.8, 4) is 11.5 Å². The van der Waals surface area contributed by atoms with Gasteiger partial charge in [-0.3, -0.25) is 0 Å². The van der Waals surface area contributed by atoms with Crippen LogP contribution in [0, 0.1) is 11.8 Å². The zero-order valence-corrected chi connectivity index (χ0v) is 10.2. The fourth-order valence-corrected chi connectivity index (χ4v) is 1.39. The third-order valence-corrected chi connectivity index (χ3v) is 3.02. The Balaban J connectivity index is 2.46. The summed E-state index contributed by atoms with van der Waals surface area (Å²) in [5, 5.41) is 22.2. The molecule has 1 unspecified atom stereocenters. The number of para-hydroxylation sites is 1. The number of phenolic OH excluding ortho intramolecular Hbond substituents is 2. The molecule has 3 nitrogen and oxygen atoms in total. The molecule has 1 aromatic rings. The molecule has 3 heteroatoms. The second-order valence-corrected chi connectivity index (χ2v) is 4.64. The Morgan fingerprint density at radius 1 is 1.19 bits per heavy atom. The molecule has 0 saturated carbocycles. The van der Waals surface area contributed by atoms with Crippen molar-refractivity contribution in [3.63, 3.8) is 0 Å². The first kappa shape index (κ1) is 12.8. The van der Waals surface area contributed by atoms with Crippen LogP contribution in [0.3, 0.4) is 0 Å². The van der Waals surface area contributed by atoms with Crippen LogP contribution in [0.4, 0.5) is 0 Å². The summed E-state index contributed by atoms with van der Waals surface area (Å²) in [7, 11) is 0. The van der Waals surface area contributed by atoms with Gasteiger partial charge in [0.05, 0.1) is 0 Å². The fraction of sp³-hybridized carbons (Fsp3) is 0.538. The summed E-state index contributed by atoms with van der Waals surface area (Å²) in [6.07, 6.45) is 0. The molecule has 0 heterocycles. The van der Waals surface area contributed by atoms with Gasteiger partial charge in [0.1, 0.15) is 0 Å². The van der Waals surface area contributed by atoms with Crippen molar-refractivity contribution in [2.45, 2.75) is 27.3 Å². The summed E-state index contributed by atoms with van der Waals surface area (Å²) in [4.78, 5) is 0. The van der Waals surface area contributed by atoms with Gasteiger partial charge in [0, 0.05) is 12.1 Å². The van der Waals surface area contributed by atoms with E-state index < -0.39 is 0 Å². The van der Waals surface area contributed by atoms with E-state index in [0.717, 1.165) is 12.1 Å². The van der Waals surface area contributed by atoms with Crippen LogP contribution in [0.1, 0.15) is 26.3 Å². The van der Waals surface area contributed by atoms with Crippen molar-refractivity contribution in [2.24, 2.45) is 11.8 Å². The normalized spacial score (nSPS) is 13.0. The third-order valence-electron chi connectivity index (χ3n) is 3.02. The van der Waals surface area contributed by atoms with Gasteiger partial charge in [-0.1, -0.05) is 32.9 Å². The number of benzene rings is 1. The molecule has 0 amide bonds. The smallest absolute Gasteiger partial charge is 0.161 e. The first-order chi connectivity index (χ1) is 7.52. The van der Waals surface area contributed by atoms with E-state index in [0.29, 0.717) is 18.4 Å². The molecule has 0 bridgehead atoms.